The molecule has 11 heavy (non-hydrogen) atoms. The number of anilines is 1. The van der Waals surface area contributed by atoms with Crippen LogP contribution >= 0.6 is 0 Å². The molecular formula is C9H8FN. The van der Waals surface area contributed by atoms with Crippen LogP contribution in [0.3, 0.4) is 0 Å². The van der Waals surface area contributed by atoms with Crippen LogP contribution in [0.2, 0.25) is 0 Å². The van der Waals surface area contributed by atoms with Crippen molar-refractivity contribution in [2.24, 2.45) is 0 Å². The van der Waals surface area contributed by atoms with Crippen LogP contribution in [-0.4, -0.2) is 0 Å². The fourth-order valence-electron chi connectivity index (χ4n) is 0.859. The predicted octanol–water partition coefficient (Wildman–Crippen LogP) is 1.70. The Kier molecular flexibility index (Phi) is 1.82. The summed E-state index contributed by atoms with van der Waals surface area (Å²) in [6, 6.07) is 2.80. The zero-order valence-corrected chi connectivity index (χ0v) is 6.19. The first-order chi connectivity index (χ1) is 5.15. The first kappa shape index (κ1) is 7.62. The summed E-state index contributed by atoms with van der Waals surface area (Å²) in [4.78, 5) is 0. The molecule has 0 amide bonds. The van der Waals surface area contributed by atoms with E-state index in [1.807, 2.05) is 0 Å². The molecule has 0 aromatic heterocycles. The summed E-state index contributed by atoms with van der Waals surface area (Å²) in [5, 5.41) is 0. The number of halogens is 1. The molecule has 0 aliphatic rings. The van der Waals surface area contributed by atoms with Gasteiger partial charge in [0.25, 0.3) is 0 Å². The Morgan fingerprint density at radius 1 is 1.55 bits per heavy atom. The summed E-state index contributed by atoms with van der Waals surface area (Å²) < 4.78 is 12.7. The molecule has 1 aromatic rings. The Morgan fingerprint density at radius 3 is 2.73 bits per heavy atom. The fraction of sp³-hybridized carbons (Fsp3) is 0.111. The lowest BCUT2D eigenvalue weighted by Gasteiger charge is -2.00. The zero-order valence-electron chi connectivity index (χ0n) is 6.19. The van der Waals surface area contributed by atoms with Crippen molar-refractivity contribution in [1.29, 1.82) is 0 Å². The van der Waals surface area contributed by atoms with Crippen molar-refractivity contribution >= 4 is 5.69 Å². The Labute approximate surface area is 65.0 Å². The monoisotopic (exact) mass is 149 g/mol. The van der Waals surface area contributed by atoms with Crippen molar-refractivity contribution in [3.63, 3.8) is 0 Å². The van der Waals surface area contributed by atoms with Crippen LogP contribution in [-0.2, 0) is 0 Å². The standard InChI is InChI=1S/C9H8FN/c1-3-7-5-8(10)9(11)4-6(7)2/h1,4-5H,11H2,2H3. The SMILES string of the molecule is C#Cc1cc(F)c(N)cc1C. The van der Waals surface area contributed by atoms with Gasteiger partial charge in [-0.3, -0.25) is 0 Å². The van der Waals surface area contributed by atoms with Crippen LogP contribution in [0.1, 0.15) is 11.1 Å². The van der Waals surface area contributed by atoms with E-state index >= 15 is 0 Å². The normalized spacial score (nSPS) is 9.18. The minimum atomic E-state index is -0.455. The molecule has 0 aliphatic heterocycles. The van der Waals surface area contributed by atoms with Crippen molar-refractivity contribution in [3.05, 3.63) is 29.1 Å². The quantitative estimate of drug-likeness (QED) is 0.441. The molecule has 0 heterocycles. The molecule has 0 saturated heterocycles. The number of hydrogen-bond acceptors (Lipinski definition) is 1. The van der Waals surface area contributed by atoms with Crippen LogP contribution in [0.25, 0.3) is 0 Å². The maximum absolute atomic E-state index is 12.7. The van der Waals surface area contributed by atoms with Gasteiger partial charge >= 0.3 is 0 Å². The first-order valence-electron chi connectivity index (χ1n) is 3.17. The lowest BCUT2D eigenvalue weighted by Crippen LogP contribution is -1.93. The average Bonchev–Trinajstić information content (AvgIpc) is 1.97. The molecule has 2 N–H and O–H groups in total. The summed E-state index contributed by atoms with van der Waals surface area (Å²) >= 11 is 0. The molecule has 0 radical (unpaired) electrons. The second-order valence-electron chi connectivity index (χ2n) is 2.33. The van der Waals surface area contributed by atoms with Crippen molar-refractivity contribution in [2.75, 3.05) is 5.73 Å². The summed E-state index contributed by atoms with van der Waals surface area (Å²) in [5.74, 6) is 1.91. The van der Waals surface area contributed by atoms with E-state index in [9.17, 15) is 4.39 Å². The van der Waals surface area contributed by atoms with Gasteiger partial charge in [0.2, 0.25) is 0 Å². The Bertz CT molecular complexity index is 323. The summed E-state index contributed by atoms with van der Waals surface area (Å²) in [7, 11) is 0. The van der Waals surface area contributed by atoms with Gasteiger partial charge < -0.3 is 5.73 Å². The number of aryl methyl sites for hydroxylation is 1. The lowest BCUT2D eigenvalue weighted by molar-refractivity contribution is 0.631. The molecule has 56 valence electrons. The minimum Gasteiger partial charge on any atom is -0.396 e. The third kappa shape index (κ3) is 1.32. The number of rotatable bonds is 0. The number of nitrogens with two attached hydrogens (primary N) is 1. The third-order valence-electron chi connectivity index (χ3n) is 1.50. The Morgan fingerprint density at radius 2 is 2.18 bits per heavy atom. The predicted molar refractivity (Wildman–Crippen MR) is 43.5 cm³/mol. The van der Waals surface area contributed by atoms with Gasteiger partial charge in [0.1, 0.15) is 5.82 Å². The molecule has 2 heteroatoms. The van der Waals surface area contributed by atoms with E-state index in [2.05, 4.69) is 5.92 Å². The number of hydrogen-bond donors (Lipinski definition) is 1. The number of benzene rings is 1. The number of terminal acetylenes is 1. The van der Waals surface area contributed by atoms with E-state index in [4.69, 9.17) is 12.2 Å². The molecule has 1 nitrogen and oxygen atoms in total. The molecule has 1 rings (SSSR count). The minimum absolute atomic E-state index is 0.140. The van der Waals surface area contributed by atoms with Gasteiger partial charge in [-0.2, -0.15) is 0 Å². The third-order valence-corrected chi connectivity index (χ3v) is 1.50. The van der Waals surface area contributed by atoms with Crippen LogP contribution in [0.4, 0.5) is 10.1 Å². The summed E-state index contributed by atoms with van der Waals surface area (Å²) in [5.41, 5.74) is 6.82. The van der Waals surface area contributed by atoms with Crippen LogP contribution in [0.15, 0.2) is 12.1 Å². The highest BCUT2D eigenvalue weighted by molar-refractivity contribution is 5.50. The molecule has 0 atom stereocenters. The molecule has 0 fully saturated rings. The Hall–Kier alpha value is -1.49. The van der Waals surface area contributed by atoms with E-state index < -0.39 is 5.82 Å². The molecule has 0 spiro atoms. The zero-order chi connectivity index (χ0) is 8.43. The van der Waals surface area contributed by atoms with E-state index in [0.717, 1.165) is 5.56 Å². The van der Waals surface area contributed by atoms with Gasteiger partial charge in [-0.1, -0.05) is 5.92 Å². The molecule has 1 aromatic carbocycles. The van der Waals surface area contributed by atoms with E-state index in [1.165, 1.54) is 12.1 Å². The molecule has 0 unspecified atom stereocenters. The van der Waals surface area contributed by atoms with Gasteiger partial charge in [0.05, 0.1) is 5.69 Å². The van der Waals surface area contributed by atoms with Crippen molar-refractivity contribution in [1.82, 2.24) is 0 Å². The average molecular weight is 149 g/mol. The van der Waals surface area contributed by atoms with Gasteiger partial charge in [-0.05, 0) is 24.6 Å². The molecular weight excluding hydrogens is 141 g/mol. The van der Waals surface area contributed by atoms with Crippen molar-refractivity contribution < 1.29 is 4.39 Å². The van der Waals surface area contributed by atoms with Crippen LogP contribution in [0, 0.1) is 25.1 Å². The highest BCUT2D eigenvalue weighted by Crippen LogP contribution is 2.15. The second kappa shape index (κ2) is 2.63. The van der Waals surface area contributed by atoms with Gasteiger partial charge in [-0.25, -0.2) is 4.39 Å². The highest BCUT2D eigenvalue weighted by atomic mass is 19.1. The van der Waals surface area contributed by atoms with E-state index in [0.29, 0.717) is 5.56 Å². The van der Waals surface area contributed by atoms with Gasteiger partial charge in [0, 0.05) is 5.56 Å². The molecule has 0 saturated carbocycles. The maximum Gasteiger partial charge on any atom is 0.147 e. The van der Waals surface area contributed by atoms with Crippen LogP contribution < -0.4 is 5.73 Å². The molecule has 0 bridgehead atoms. The fourth-order valence-corrected chi connectivity index (χ4v) is 0.859. The smallest absolute Gasteiger partial charge is 0.147 e. The largest absolute Gasteiger partial charge is 0.396 e. The first-order valence-corrected chi connectivity index (χ1v) is 3.17. The highest BCUT2D eigenvalue weighted by Gasteiger charge is 2.01. The van der Waals surface area contributed by atoms with Crippen LogP contribution in [0.5, 0.6) is 0 Å². The van der Waals surface area contributed by atoms with Gasteiger partial charge in [0.15, 0.2) is 0 Å². The van der Waals surface area contributed by atoms with Gasteiger partial charge in [-0.15, -0.1) is 6.42 Å². The van der Waals surface area contributed by atoms with Crippen molar-refractivity contribution in [3.8, 4) is 12.3 Å². The lowest BCUT2D eigenvalue weighted by atomic mass is 10.1. The topological polar surface area (TPSA) is 26.0 Å². The van der Waals surface area contributed by atoms with Crippen molar-refractivity contribution in [2.45, 2.75) is 6.92 Å². The Balaban J connectivity index is 3.35. The second-order valence-corrected chi connectivity index (χ2v) is 2.33. The summed E-state index contributed by atoms with van der Waals surface area (Å²) in [6.07, 6.45) is 5.11. The molecule has 0 aliphatic carbocycles. The van der Waals surface area contributed by atoms with E-state index in [1.54, 1.807) is 6.92 Å². The number of nitrogen functional groups attached to an aromatic ring is 1. The maximum atomic E-state index is 12.7. The van der Waals surface area contributed by atoms with E-state index in [-0.39, 0.29) is 5.69 Å². The summed E-state index contributed by atoms with van der Waals surface area (Å²) in [6.45, 7) is 1.80.